The molecule has 8 heteroatoms. The van der Waals surface area contributed by atoms with Crippen molar-refractivity contribution in [2.24, 2.45) is 0 Å². The monoisotopic (exact) mass is 373 g/mol. The van der Waals surface area contributed by atoms with Gasteiger partial charge in [0.15, 0.2) is 0 Å². The minimum absolute atomic E-state index is 0.421. The van der Waals surface area contributed by atoms with Gasteiger partial charge in [0, 0.05) is 30.2 Å². The van der Waals surface area contributed by atoms with Crippen LogP contribution in [0.4, 0.5) is 5.82 Å². The highest BCUT2D eigenvalue weighted by Gasteiger charge is 2.26. The molecule has 2 N–H and O–H groups in total. The van der Waals surface area contributed by atoms with Crippen LogP contribution in [0.2, 0.25) is 0 Å². The number of anilines is 1. The van der Waals surface area contributed by atoms with Gasteiger partial charge in [-0.1, -0.05) is 18.2 Å². The molecule has 1 aromatic carbocycles. The van der Waals surface area contributed by atoms with Crippen LogP contribution in [-0.2, 0) is 21.1 Å². The minimum atomic E-state index is -0.668. The first-order chi connectivity index (χ1) is 12.5. The summed E-state index contributed by atoms with van der Waals surface area (Å²) in [6.45, 7) is 3.09. The number of likely N-dealkylation sites (N-methyl/N-ethyl adjacent to an activating group) is 1. The summed E-state index contributed by atoms with van der Waals surface area (Å²) in [5.41, 5.74) is 3.90. The third-order valence-electron chi connectivity index (χ3n) is 4.18. The van der Waals surface area contributed by atoms with Crippen LogP contribution in [0.3, 0.4) is 0 Å². The number of carbonyl (C=O) groups excluding carboxylic acids is 2. The van der Waals surface area contributed by atoms with Crippen LogP contribution in [0.1, 0.15) is 16.8 Å². The number of nitrogens with one attached hydrogen (secondary N) is 2. The molecule has 1 aliphatic heterocycles. The van der Waals surface area contributed by atoms with Crippen molar-refractivity contribution < 1.29 is 9.59 Å². The number of aromatic nitrogens is 2. The van der Waals surface area contributed by atoms with Crippen LogP contribution in [0, 0.1) is 6.92 Å². The molecule has 0 unspecified atom stereocenters. The Morgan fingerprint density at radius 3 is 2.73 bits per heavy atom. The summed E-state index contributed by atoms with van der Waals surface area (Å²) in [4.78, 5) is 26.4. The molecule has 26 heavy (non-hydrogen) atoms. The van der Waals surface area contributed by atoms with Crippen molar-refractivity contribution >= 4 is 29.4 Å². The van der Waals surface area contributed by atoms with Gasteiger partial charge < -0.3 is 15.5 Å². The Balaban J connectivity index is 1.82. The lowest BCUT2D eigenvalue weighted by Crippen LogP contribution is -2.39. The summed E-state index contributed by atoms with van der Waals surface area (Å²) in [5, 5.41) is 10.1. The molecule has 0 aliphatic carbocycles. The average molecular weight is 373 g/mol. The molecular formula is C18H23N5O2S. The van der Waals surface area contributed by atoms with Crippen LogP contribution in [0.5, 0.6) is 0 Å². The molecule has 0 saturated heterocycles. The maximum absolute atomic E-state index is 12.4. The van der Waals surface area contributed by atoms with Crippen molar-refractivity contribution in [3.8, 4) is 5.69 Å². The molecule has 2 aromatic rings. The van der Waals surface area contributed by atoms with Gasteiger partial charge in [0.05, 0.1) is 11.4 Å². The summed E-state index contributed by atoms with van der Waals surface area (Å²) >= 11 is 1.75. The predicted molar refractivity (Wildman–Crippen MR) is 103 cm³/mol. The third-order valence-corrected chi connectivity index (χ3v) is 5.15. The Bertz CT molecular complexity index is 831. The number of benzene rings is 1. The smallest absolute Gasteiger partial charge is 0.314 e. The van der Waals surface area contributed by atoms with Crippen LogP contribution >= 0.6 is 11.8 Å². The molecule has 7 nitrogen and oxygen atoms in total. The van der Waals surface area contributed by atoms with Gasteiger partial charge in [0.2, 0.25) is 0 Å². The number of thioether (sulfide) groups is 1. The fourth-order valence-corrected chi connectivity index (χ4v) is 3.79. The molecule has 0 spiro atoms. The van der Waals surface area contributed by atoms with Gasteiger partial charge in [0.1, 0.15) is 5.82 Å². The van der Waals surface area contributed by atoms with Crippen molar-refractivity contribution in [1.29, 1.82) is 0 Å². The molecule has 0 fully saturated rings. The number of hydrogen-bond acceptors (Lipinski definition) is 5. The van der Waals surface area contributed by atoms with E-state index in [-0.39, 0.29) is 0 Å². The van der Waals surface area contributed by atoms with E-state index in [0.29, 0.717) is 18.9 Å². The fraction of sp³-hybridized carbons (Fsp3) is 0.389. The lowest BCUT2D eigenvalue weighted by Gasteiger charge is -2.13. The molecule has 0 radical (unpaired) electrons. The molecule has 0 saturated carbocycles. The van der Waals surface area contributed by atoms with Gasteiger partial charge in [-0.15, -0.1) is 0 Å². The molecule has 3 rings (SSSR count). The van der Waals surface area contributed by atoms with Crippen LogP contribution in [-0.4, -0.2) is 53.7 Å². The SMILES string of the molecule is Cc1ccccc1-n1nc2c(c1NC(=O)C(=O)NCCN(C)C)CSC2. The van der Waals surface area contributed by atoms with Crippen LogP contribution in [0.25, 0.3) is 5.69 Å². The van der Waals surface area contributed by atoms with Gasteiger partial charge in [-0.05, 0) is 32.6 Å². The first-order valence-corrected chi connectivity index (χ1v) is 9.61. The Morgan fingerprint density at radius 2 is 2.00 bits per heavy atom. The van der Waals surface area contributed by atoms with Gasteiger partial charge in [-0.25, -0.2) is 4.68 Å². The number of aryl methyl sites for hydroxylation is 1. The highest BCUT2D eigenvalue weighted by molar-refractivity contribution is 7.98. The number of amides is 2. The summed E-state index contributed by atoms with van der Waals surface area (Å²) in [5.74, 6) is 0.875. The second kappa shape index (κ2) is 7.92. The lowest BCUT2D eigenvalue weighted by atomic mass is 10.2. The number of fused-ring (bicyclic) bond motifs is 1. The first-order valence-electron chi connectivity index (χ1n) is 8.46. The molecule has 2 heterocycles. The standard InChI is InChI=1S/C18H23N5O2S/c1-12-6-4-5-7-15(12)23-16(13-10-26-11-14(13)21-23)20-18(25)17(24)19-8-9-22(2)3/h4-7H,8-11H2,1-3H3,(H,19,24)(H,20,25). The van der Waals surface area contributed by atoms with E-state index in [1.807, 2.05) is 50.2 Å². The Labute approximate surface area is 157 Å². The van der Waals surface area contributed by atoms with E-state index in [9.17, 15) is 9.59 Å². The average Bonchev–Trinajstić information content (AvgIpc) is 3.17. The van der Waals surface area contributed by atoms with Crippen LogP contribution < -0.4 is 10.6 Å². The second-order valence-corrected chi connectivity index (χ2v) is 7.46. The molecule has 1 aromatic heterocycles. The Morgan fingerprint density at radius 1 is 1.23 bits per heavy atom. The maximum atomic E-state index is 12.4. The van der Waals surface area contributed by atoms with Gasteiger partial charge in [0.25, 0.3) is 0 Å². The predicted octanol–water partition coefficient (Wildman–Crippen LogP) is 1.54. The summed E-state index contributed by atoms with van der Waals surface area (Å²) in [7, 11) is 3.82. The van der Waals surface area contributed by atoms with Gasteiger partial charge in [-0.3, -0.25) is 9.59 Å². The first kappa shape index (κ1) is 18.5. The van der Waals surface area contributed by atoms with Crippen molar-refractivity contribution in [3.05, 3.63) is 41.1 Å². The topological polar surface area (TPSA) is 79.3 Å². The van der Waals surface area contributed by atoms with E-state index in [0.717, 1.165) is 34.0 Å². The largest absolute Gasteiger partial charge is 0.347 e. The third kappa shape index (κ3) is 3.91. The van der Waals surface area contributed by atoms with Crippen molar-refractivity contribution in [2.75, 3.05) is 32.5 Å². The maximum Gasteiger partial charge on any atom is 0.314 e. The Hall–Kier alpha value is -2.32. The highest BCUT2D eigenvalue weighted by atomic mass is 32.2. The molecule has 0 bridgehead atoms. The van der Waals surface area contributed by atoms with E-state index >= 15 is 0 Å². The van der Waals surface area contributed by atoms with Gasteiger partial charge >= 0.3 is 11.8 Å². The Kier molecular flexibility index (Phi) is 5.63. The number of hydrogen-bond donors (Lipinski definition) is 2. The van der Waals surface area contributed by atoms with E-state index in [2.05, 4.69) is 15.7 Å². The van der Waals surface area contributed by atoms with E-state index in [1.54, 1.807) is 16.4 Å². The molecule has 2 amide bonds. The lowest BCUT2D eigenvalue weighted by molar-refractivity contribution is -0.136. The summed E-state index contributed by atoms with van der Waals surface area (Å²) in [6, 6.07) is 7.85. The van der Waals surface area contributed by atoms with Gasteiger partial charge in [-0.2, -0.15) is 16.9 Å². The summed E-state index contributed by atoms with van der Waals surface area (Å²) < 4.78 is 1.74. The minimum Gasteiger partial charge on any atom is -0.347 e. The van der Waals surface area contributed by atoms with E-state index < -0.39 is 11.8 Å². The van der Waals surface area contributed by atoms with Crippen LogP contribution in [0.15, 0.2) is 24.3 Å². The van der Waals surface area contributed by atoms with Crippen molar-refractivity contribution in [2.45, 2.75) is 18.4 Å². The van der Waals surface area contributed by atoms with E-state index in [4.69, 9.17) is 0 Å². The summed E-state index contributed by atoms with van der Waals surface area (Å²) in [6.07, 6.45) is 0. The van der Waals surface area contributed by atoms with E-state index in [1.165, 1.54) is 0 Å². The normalized spacial score (nSPS) is 12.9. The number of para-hydroxylation sites is 1. The molecule has 138 valence electrons. The second-order valence-electron chi connectivity index (χ2n) is 6.48. The molecular weight excluding hydrogens is 350 g/mol. The zero-order valence-corrected chi connectivity index (χ0v) is 16.0. The molecule has 0 atom stereocenters. The fourth-order valence-electron chi connectivity index (χ4n) is 2.75. The number of nitrogens with zero attached hydrogens (tertiary/aromatic N) is 3. The van der Waals surface area contributed by atoms with Crippen molar-refractivity contribution in [1.82, 2.24) is 20.0 Å². The zero-order valence-electron chi connectivity index (χ0n) is 15.2. The highest BCUT2D eigenvalue weighted by Crippen LogP contribution is 2.36. The number of carbonyl (C=O) groups is 2. The quantitative estimate of drug-likeness (QED) is 0.778. The zero-order chi connectivity index (χ0) is 18.7. The van der Waals surface area contributed by atoms with Crippen molar-refractivity contribution in [3.63, 3.8) is 0 Å². The number of rotatable bonds is 5. The molecule has 1 aliphatic rings.